The maximum absolute atomic E-state index is 5.12. The van der Waals surface area contributed by atoms with Crippen molar-refractivity contribution in [2.24, 2.45) is 4.99 Å². The maximum atomic E-state index is 5.12. The fourth-order valence-corrected chi connectivity index (χ4v) is 2.51. The topological polar surface area (TPSA) is 45.7 Å². The quantitative estimate of drug-likeness (QED) is 0.597. The Morgan fingerprint density at radius 2 is 2.26 bits per heavy atom. The standard InChI is InChI=1S/C14H25N3OS/c1-5-15-14(17-12(3)10-18-4)16-9-11(2)13-7-6-8-19-13/h6-8,11-12H,5,9-10H2,1-4H3,(H2,15,16,17). The van der Waals surface area contributed by atoms with Gasteiger partial charge in [-0.1, -0.05) is 13.0 Å². The van der Waals surface area contributed by atoms with Crippen LogP contribution in [0.1, 0.15) is 31.6 Å². The van der Waals surface area contributed by atoms with Crippen molar-refractivity contribution in [3.8, 4) is 0 Å². The first kappa shape index (κ1) is 16.0. The summed E-state index contributed by atoms with van der Waals surface area (Å²) in [5, 5.41) is 8.71. The molecule has 0 spiro atoms. The van der Waals surface area contributed by atoms with Crippen LogP contribution in [0, 0.1) is 0 Å². The molecular weight excluding hydrogens is 258 g/mol. The van der Waals surface area contributed by atoms with E-state index in [1.165, 1.54) is 4.88 Å². The Hall–Kier alpha value is -1.07. The maximum Gasteiger partial charge on any atom is 0.191 e. The zero-order valence-corrected chi connectivity index (χ0v) is 13.1. The van der Waals surface area contributed by atoms with Crippen LogP contribution in [0.5, 0.6) is 0 Å². The number of thiophene rings is 1. The van der Waals surface area contributed by atoms with Crippen LogP contribution in [0.25, 0.3) is 0 Å². The van der Waals surface area contributed by atoms with E-state index in [2.05, 4.69) is 53.9 Å². The average Bonchev–Trinajstić information content (AvgIpc) is 2.90. The molecule has 1 aromatic heterocycles. The number of nitrogens with zero attached hydrogens (tertiary/aromatic N) is 1. The molecule has 0 aromatic carbocycles. The summed E-state index contributed by atoms with van der Waals surface area (Å²) in [5.74, 6) is 1.31. The number of hydrogen-bond donors (Lipinski definition) is 2. The van der Waals surface area contributed by atoms with Crippen LogP contribution in [0.4, 0.5) is 0 Å². The van der Waals surface area contributed by atoms with Gasteiger partial charge in [0.1, 0.15) is 0 Å². The van der Waals surface area contributed by atoms with E-state index >= 15 is 0 Å². The molecule has 108 valence electrons. The first-order valence-corrected chi connectivity index (χ1v) is 7.62. The van der Waals surface area contributed by atoms with E-state index in [0.717, 1.165) is 19.0 Å². The minimum Gasteiger partial charge on any atom is -0.383 e. The van der Waals surface area contributed by atoms with Crippen molar-refractivity contribution >= 4 is 17.3 Å². The molecule has 19 heavy (non-hydrogen) atoms. The molecule has 0 saturated carbocycles. The van der Waals surface area contributed by atoms with Crippen LogP contribution < -0.4 is 10.6 Å². The van der Waals surface area contributed by atoms with E-state index in [4.69, 9.17) is 4.74 Å². The molecular formula is C14H25N3OS. The first-order chi connectivity index (χ1) is 9.17. The van der Waals surface area contributed by atoms with Gasteiger partial charge in [-0.05, 0) is 25.3 Å². The van der Waals surface area contributed by atoms with Crippen LogP contribution in [-0.4, -0.2) is 38.8 Å². The number of aliphatic imine (C=N–C) groups is 1. The Morgan fingerprint density at radius 3 is 2.84 bits per heavy atom. The van der Waals surface area contributed by atoms with Crippen molar-refractivity contribution in [1.82, 2.24) is 10.6 Å². The fraction of sp³-hybridized carbons (Fsp3) is 0.643. The van der Waals surface area contributed by atoms with E-state index in [1.54, 1.807) is 18.4 Å². The predicted molar refractivity (Wildman–Crippen MR) is 83.2 cm³/mol. The molecule has 0 aliphatic heterocycles. The lowest BCUT2D eigenvalue weighted by atomic mass is 10.1. The smallest absolute Gasteiger partial charge is 0.191 e. The average molecular weight is 283 g/mol. The van der Waals surface area contributed by atoms with Gasteiger partial charge in [0.05, 0.1) is 13.2 Å². The number of rotatable bonds is 7. The van der Waals surface area contributed by atoms with Gasteiger partial charge in [-0.15, -0.1) is 11.3 Å². The van der Waals surface area contributed by atoms with Gasteiger partial charge >= 0.3 is 0 Å². The van der Waals surface area contributed by atoms with Gasteiger partial charge in [0.2, 0.25) is 0 Å². The van der Waals surface area contributed by atoms with Crippen LogP contribution in [0.3, 0.4) is 0 Å². The third kappa shape index (κ3) is 6.07. The molecule has 0 radical (unpaired) electrons. The Bertz CT molecular complexity index is 365. The molecule has 5 heteroatoms. The molecule has 4 nitrogen and oxygen atoms in total. The van der Waals surface area contributed by atoms with Gasteiger partial charge in [-0.25, -0.2) is 0 Å². The van der Waals surface area contributed by atoms with Crippen molar-refractivity contribution in [2.45, 2.75) is 32.7 Å². The highest BCUT2D eigenvalue weighted by molar-refractivity contribution is 7.10. The second kappa shape index (κ2) is 8.93. The summed E-state index contributed by atoms with van der Waals surface area (Å²) < 4.78 is 5.12. The Morgan fingerprint density at radius 1 is 1.47 bits per heavy atom. The molecule has 1 rings (SSSR count). The van der Waals surface area contributed by atoms with Gasteiger partial charge in [0, 0.05) is 30.5 Å². The number of ether oxygens (including phenoxy) is 1. The van der Waals surface area contributed by atoms with Crippen LogP contribution in [-0.2, 0) is 4.74 Å². The summed E-state index contributed by atoms with van der Waals surface area (Å²) in [6, 6.07) is 4.50. The van der Waals surface area contributed by atoms with Crippen LogP contribution in [0.15, 0.2) is 22.5 Å². The Labute approximate surface area is 120 Å². The second-order valence-corrected chi connectivity index (χ2v) is 5.62. The number of hydrogen-bond acceptors (Lipinski definition) is 3. The second-order valence-electron chi connectivity index (χ2n) is 4.64. The Kier molecular flexibility index (Phi) is 7.52. The van der Waals surface area contributed by atoms with Crippen molar-refractivity contribution in [3.05, 3.63) is 22.4 Å². The highest BCUT2D eigenvalue weighted by Crippen LogP contribution is 2.20. The molecule has 2 N–H and O–H groups in total. The fourth-order valence-electron chi connectivity index (χ4n) is 1.73. The summed E-state index contributed by atoms with van der Waals surface area (Å²) in [6.07, 6.45) is 0. The SMILES string of the molecule is CCNC(=NCC(C)c1cccs1)NC(C)COC. The zero-order valence-electron chi connectivity index (χ0n) is 12.3. The van der Waals surface area contributed by atoms with Crippen molar-refractivity contribution in [3.63, 3.8) is 0 Å². The van der Waals surface area contributed by atoms with E-state index in [0.29, 0.717) is 12.5 Å². The summed E-state index contributed by atoms with van der Waals surface area (Å²) >= 11 is 1.79. The zero-order chi connectivity index (χ0) is 14.1. The van der Waals surface area contributed by atoms with Crippen molar-refractivity contribution in [1.29, 1.82) is 0 Å². The molecule has 0 saturated heterocycles. The third-order valence-electron chi connectivity index (χ3n) is 2.70. The number of guanidine groups is 1. The van der Waals surface area contributed by atoms with Gasteiger partial charge in [-0.2, -0.15) is 0 Å². The van der Waals surface area contributed by atoms with E-state index < -0.39 is 0 Å². The van der Waals surface area contributed by atoms with Gasteiger partial charge in [0.25, 0.3) is 0 Å². The minimum absolute atomic E-state index is 0.250. The van der Waals surface area contributed by atoms with Gasteiger partial charge < -0.3 is 15.4 Å². The van der Waals surface area contributed by atoms with Gasteiger partial charge in [0.15, 0.2) is 5.96 Å². The summed E-state index contributed by atoms with van der Waals surface area (Å²) in [4.78, 5) is 6.02. The Balaban J connectivity index is 2.52. The molecule has 0 aliphatic rings. The lowest BCUT2D eigenvalue weighted by molar-refractivity contribution is 0.179. The van der Waals surface area contributed by atoms with Crippen molar-refractivity contribution in [2.75, 3.05) is 26.8 Å². The minimum atomic E-state index is 0.250. The number of nitrogens with one attached hydrogen (secondary N) is 2. The van der Waals surface area contributed by atoms with Crippen LogP contribution >= 0.6 is 11.3 Å². The molecule has 2 atom stereocenters. The molecule has 2 unspecified atom stereocenters. The number of methoxy groups -OCH3 is 1. The molecule has 0 bridgehead atoms. The molecule has 0 amide bonds. The van der Waals surface area contributed by atoms with E-state index in [-0.39, 0.29) is 6.04 Å². The van der Waals surface area contributed by atoms with Gasteiger partial charge in [-0.3, -0.25) is 4.99 Å². The summed E-state index contributed by atoms with van der Waals surface area (Å²) in [6.45, 7) is 8.68. The molecule has 1 heterocycles. The van der Waals surface area contributed by atoms with Crippen molar-refractivity contribution < 1.29 is 4.74 Å². The largest absolute Gasteiger partial charge is 0.383 e. The molecule has 0 aliphatic carbocycles. The predicted octanol–water partition coefficient (Wildman–Crippen LogP) is 2.44. The summed E-state index contributed by atoms with van der Waals surface area (Å²) in [5.41, 5.74) is 0. The lowest BCUT2D eigenvalue weighted by Crippen LogP contribution is -2.44. The highest BCUT2D eigenvalue weighted by atomic mass is 32.1. The third-order valence-corrected chi connectivity index (χ3v) is 3.80. The highest BCUT2D eigenvalue weighted by Gasteiger charge is 2.08. The molecule has 1 aromatic rings. The first-order valence-electron chi connectivity index (χ1n) is 6.74. The van der Waals surface area contributed by atoms with Crippen LogP contribution in [0.2, 0.25) is 0 Å². The lowest BCUT2D eigenvalue weighted by Gasteiger charge is -2.17. The molecule has 0 fully saturated rings. The normalized spacial score (nSPS) is 15.1. The summed E-state index contributed by atoms with van der Waals surface area (Å²) in [7, 11) is 1.71. The van der Waals surface area contributed by atoms with E-state index in [9.17, 15) is 0 Å². The van der Waals surface area contributed by atoms with E-state index in [1.807, 2.05) is 0 Å². The monoisotopic (exact) mass is 283 g/mol.